The number of carbonyl (C=O) groups excluding carboxylic acids is 1. The van der Waals surface area contributed by atoms with Gasteiger partial charge in [0, 0.05) is 24.6 Å². The molecule has 1 aromatic heterocycles. The average molecular weight is 367 g/mol. The number of carbonyl (C=O) groups is 1. The van der Waals surface area contributed by atoms with Crippen LogP contribution >= 0.6 is 0 Å². The Labute approximate surface area is 160 Å². The van der Waals surface area contributed by atoms with Crippen molar-refractivity contribution in [3.63, 3.8) is 0 Å². The second kappa shape index (κ2) is 7.45. The lowest BCUT2D eigenvalue weighted by molar-refractivity contribution is 0.0891. The number of aryl methyl sites for hydroxylation is 1. The molecule has 1 N–H and O–H groups in total. The highest BCUT2D eigenvalue weighted by Crippen LogP contribution is 2.29. The lowest BCUT2D eigenvalue weighted by atomic mass is 9.78. The van der Waals surface area contributed by atoms with Gasteiger partial charge in [0.1, 0.15) is 5.82 Å². The highest BCUT2D eigenvalue weighted by Gasteiger charge is 2.28. The van der Waals surface area contributed by atoms with Crippen LogP contribution in [0.2, 0.25) is 0 Å². The summed E-state index contributed by atoms with van der Waals surface area (Å²) in [6, 6.07) is 5.54. The van der Waals surface area contributed by atoms with Gasteiger partial charge < -0.3 is 5.32 Å². The molecule has 3 atom stereocenters. The molecule has 1 amide bonds. The number of benzene rings is 1. The lowest BCUT2D eigenvalue weighted by Crippen LogP contribution is -2.43. The molecular weight excluding hydrogens is 338 g/mol. The van der Waals surface area contributed by atoms with Crippen molar-refractivity contribution in [2.75, 3.05) is 0 Å². The zero-order chi connectivity index (χ0) is 19.0. The molecule has 144 valence electrons. The SMILES string of the molecule is C[C@H]1[C@H](C)CCC[C@@H]1NC(=O)c1ccc2c(=O)n3c(nc2c1)CCCCC3. The van der Waals surface area contributed by atoms with Crippen LogP contribution in [-0.2, 0) is 13.0 Å². The van der Waals surface area contributed by atoms with E-state index in [2.05, 4.69) is 19.2 Å². The molecule has 1 aliphatic heterocycles. The van der Waals surface area contributed by atoms with E-state index >= 15 is 0 Å². The monoisotopic (exact) mass is 367 g/mol. The lowest BCUT2D eigenvalue weighted by Gasteiger charge is -2.34. The molecule has 5 heteroatoms. The van der Waals surface area contributed by atoms with Crippen molar-refractivity contribution in [1.29, 1.82) is 0 Å². The molecule has 1 saturated carbocycles. The quantitative estimate of drug-likeness (QED) is 0.881. The minimum absolute atomic E-state index is 0.0265. The third-order valence-electron chi connectivity index (χ3n) is 6.60. The summed E-state index contributed by atoms with van der Waals surface area (Å²) < 4.78 is 1.82. The van der Waals surface area contributed by atoms with E-state index in [9.17, 15) is 9.59 Å². The van der Waals surface area contributed by atoms with Crippen LogP contribution in [0.3, 0.4) is 0 Å². The Balaban J connectivity index is 1.63. The molecule has 0 radical (unpaired) electrons. The molecule has 0 unspecified atom stereocenters. The first kappa shape index (κ1) is 18.2. The molecule has 4 rings (SSSR count). The molecule has 2 aliphatic rings. The van der Waals surface area contributed by atoms with Crippen molar-refractivity contribution in [2.45, 2.75) is 71.4 Å². The van der Waals surface area contributed by atoms with Crippen LogP contribution in [0.4, 0.5) is 0 Å². The molecule has 2 aromatic rings. The number of hydrogen-bond donors (Lipinski definition) is 1. The third-order valence-corrected chi connectivity index (χ3v) is 6.60. The minimum atomic E-state index is -0.0558. The number of amides is 1. The maximum atomic E-state index is 12.8. The van der Waals surface area contributed by atoms with Gasteiger partial charge in [0.05, 0.1) is 10.9 Å². The fourth-order valence-electron chi connectivity index (χ4n) is 4.60. The third kappa shape index (κ3) is 3.52. The highest BCUT2D eigenvalue weighted by atomic mass is 16.1. The van der Waals surface area contributed by atoms with Gasteiger partial charge in [-0.15, -0.1) is 0 Å². The first-order chi connectivity index (χ1) is 13.0. The Kier molecular flexibility index (Phi) is 5.02. The predicted octanol–water partition coefficient (Wildman–Crippen LogP) is 3.68. The summed E-state index contributed by atoms with van der Waals surface area (Å²) in [6.07, 6.45) is 7.50. The molecule has 0 saturated heterocycles. The summed E-state index contributed by atoms with van der Waals surface area (Å²) in [5.74, 6) is 1.93. The average Bonchev–Trinajstić information content (AvgIpc) is 2.91. The van der Waals surface area contributed by atoms with E-state index < -0.39 is 0 Å². The van der Waals surface area contributed by atoms with E-state index in [4.69, 9.17) is 4.98 Å². The number of nitrogens with zero attached hydrogens (tertiary/aromatic N) is 2. The molecule has 0 spiro atoms. The van der Waals surface area contributed by atoms with E-state index in [1.165, 1.54) is 12.8 Å². The second-order valence-electron chi connectivity index (χ2n) is 8.37. The topological polar surface area (TPSA) is 64.0 Å². The number of nitrogens with one attached hydrogen (secondary N) is 1. The van der Waals surface area contributed by atoms with Gasteiger partial charge in [0.25, 0.3) is 11.5 Å². The molecule has 27 heavy (non-hydrogen) atoms. The van der Waals surface area contributed by atoms with E-state index in [1.807, 2.05) is 4.57 Å². The Bertz CT molecular complexity index is 918. The minimum Gasteiger partial charge on any atom is -0.349 e. The van der Waals surface area contributed by atoms with Crippen LogP contribution in [0.15, 0.2) is 23.0 Å². The van der Waals surface area contributed by atoms with Crippen molar-refractivity contribution >= 4 is 16.8 Å². The molecule has 1 aromatic carbocycles. The first-order valence-corrected chi connectivity index (χ1v) is 10.4. The Morgan fingerprint density at radius 3 is 2.85 bits per heavy atom. The molecule has 0 bridgehead atoms. The van der Waals surface area contributed by atoms with Crippen LogP contribution in [0.25, 0.3) is 10.9 Å². The summed E-state index contributed by atoms with van der Waals surface area (Å²) in [4.78, 5) is 30.4. The maximum absolute atomic E-state index is 12.8. The normalized spacial score (nSPS) is 25.6. The number of rotatable bonds is 2. The second-order valence-corrected chi connectivity index (χ2v) is 8.37. The molecular formula is C22H29N3O2. The number of hydrogen-bond acceptors (Lipinski definition) is 3. The predicted molar refractivity (Wildman–Crippen MR) is 107 cm³/mol. The Morgan fingerprint density at radius 1 is 1.15 bits per heavy atom. The van der Waals surface area contributed by atoms with E-state index in [-0.39, 0.29) is 17.5 Å². The van der Waals surface area contributed by atoms with Gasteiger partial charge in [-0.2, -0.15) is 0 Å². The summed E-state index contributed by atoms with van der Waals surface area (Å²) >= 11 is 0. The van der Waals surface area contributed by atoms with E-state index in [1.54, 1.807) is 18.2 Å². The smallest absolute Gasteiger partial charge is 0.261 e. The van der Waals surface area contributed by atoms with Crippen LogP contribution in [0.5, 0.6) is 0 Å². The van der Waals surface area contributed by atoms with Gasteiger partial charge in [-0.25, -0.2) is 4.98 Å². The van der Waals surface area contributed by atoms with Crippen molar-refractivity contribution in [1.82, 2.24) is 14.9 Å². The fraction of sp³-hybridized carbons (Fsp3) is 0.591. The van der Waals surface area contributed by atoms with Crippen molar-refractivity contribution < 1.29 is 4.79 Å². The van der Waals surface area contributed by atoms with Crippen LogP contribution in [-0.4, -0.2) is 21.5 Å². The maximum Gasteiger partial charge on any atom is 0.261 e. The largest absolute Gasteiger partial charge is 0.349 e. The molecule has 5 nitrogen and oxygen atoms in total. The number of aromatic nitrogens is 2. The van der Waals surface area contributed by atoms with Crippen molar-refractivity contribution in [3.05, 3.63) is 39.9 Å². The van der Waals surface area contributed by atoms with Gasteiger partial charge in [0.2, 0.25) is 0 Å². The zero-order valence-corrected chi connectivity index (χ0v) is 16.3. The Morgan fingerprint density at radius 2 is 2.00 bits per heavy atom. The van der Waals surface area contributed by atoms with Gasteiger partial charge in [0.15, 0.2) is 0 Å². The standard InChI is InChI=1S/C22H29N3O2/c1-14-7-6-8-18(15(14)2)24-21(26)16-10-11-17-19(13-16)23-20-9-4-3-5-12-25(20)22(17)27/h10-11,13-15,18H,3-9,12H2,1-2H3,(H,24,26)/t14-,15+,18+/m1/s1. The highest BCUT2D eigenvalue weighted by molar-refractivity contribution is 5.97. The van der Waals surface area contributed by atoms with Crippen LogP contribution in [0.1, 0.15) is 68.6 Å². The summed E-state index contributed by atoms with van der Waals surface area (Å²) in [5, 5.41) is 3.83. The van der Waals surface area contributed by atoms with Crippen LogP contribution in [0, 0.1) is 11.8 Å². The fourth-order valence-corrected chi connectivity index (χ4v) is 4.60. The first-order valence-electron chi connectivity index (χ1n) is 10.4. The van der Waals surface area contributed by atoms with E-state index in [0.29, 0.717) is 28.3 Å². The van der Waals surface area contributed by atoms with Crippen LogP contribution < -0.4 is 10.9 Å². The summed E-state index contributed by atoms with van der Waals surface area (Å²) in [7, 11) is 0. The van der Waals surface area contributed by atoms with Gasteiger partial charge in [-0.3, -0.25) is 14.2 Å². The van der Waals surface area contributed by atoms with Gasteiger partial charge in [-0.1, -0.05) is 33.1 Å². The van der Waals surface area contributed by atoms with Gasteiger partial charge in [-0.05, 0) is 49.3 Å². The summed E-state index contributed by atoms with van der Waals surface area (Å²) in [5.41, 5.74) is 1.27. The van der Waals surface area contributed by atoms with Crippen molar-refractivity contribution in [3.8, 4) is 0 Å². The molecule has 1 fully saturated rings. The van der Waals surface area contributed by atoms with Crippen molar-refractivity contribution in [2.24, 2.45) is 11.8 Å². The number of fused-ring (bicyclic) bond motifs is 2. The molecule has 1 aliphatic carbocycles. The molecule has 2 heterocycles. The van der Waals surface area contributed by atoms with Gasteiger partial charge >= 0.3 is 0 Å². The summed E-state index contributed by atoms with van der Waals surface area (Å²) in [6.45, 7) is 5.24. The van der Waals surface area contributed by atoms with E-state index in [0.717, 1.165) is 44.5 Å². The zero-order valence-electron chi connectivity index (χ0n) is 16.3. The Hall–Kier alpha value is -2.17.